The number of nitrogens with one attached hydrogen (secondary N) is 3. The summed E-state index contributed by atoms with van der Waals surface area (Å²) in [6, 6.07) is 12.2. The van der Waals surface area contributed by atoms with Crippen molar-refractivity contribution in [3.63, 3.8) is 0 Å². The summed E-state index contributed by atoms with van der Waals surface area (Å²) in [7, 11) is 0. The van der Waals surface area contributed by atoms with Crippen LogP contribution < -0.4 is 16.0 Å². The largest absolute Gasteiger partial charge is 0.339 e. The van der Waals surface area contributed by atoms with Crippen molar-refractivity contribution >= 4 is 81.0 Å². The second-order valence-corrected chi connectivity index (χ2v) is 8.49. The molecule has 2 aromatic rings. The molecule has 1 unspecified atom stereocenters. The maximum absolute atomic E-state index is 12.5. The standard InChI is InChI=1S/C16H12Cl4N4O3S/c17-10-6-2-3-7-11(10)21-15(28)23-14(16(18,19)20)22-13(25)9-5-1-4-8-12(9)24(26)27/h1-8,14H,(H,22,25)(H2,21,23,28). The van der Waals surface area contributed by atoms with E-state index in [1.54, 1.807) is 24.3 Å². The predicted octanol–water partition coefficient (Wildman–Crippen LogP) is 4.66. The Balaban J connectivity index is 2.16. The highest BCUT2D eigenvalue weighted by molar-refractivity contribution is 7.80. The monoisotopic (exact) mass is 480 g/mol. The molecule has 0 heterocycles. The highest BCUT2D eigenvalue weighted by Gasteiger charge is 2.36. The normalized spacial score (nSPS) is 12.0. The van der Waals surface area contributed by atoms with Gasteiger partial charge in [0.2, 0.25) is 3.79 Å². The number of rotatable bonds is 5. The van der Waals surface area contributed by atoms with Crippen molar-refractivity contribution in [2.24, 2.45) is 0 Å². The lowest BCUT2D eigenvalue weighted by Gasteiger charge is -2.27. The van der Waals surface area contributed by atoms with Gasteiger partial charge in [-0.3, -0.25) is 14.9 Å². The molecule has 0 aromatic heterocycles. The fraction of sp³-hybridized carbons (Fsp3) is 0.125. The summed E-state index contributed by atoms with van der Waals surface area (Å²) in [6.07, 6.45) is -1.30. The predicted molar refractivity (Wildman–Crippen MR) is 115 cm³/mol. The first-order chi connectivity index (χ1) is 13.1. The molecule has 2 aromatic carbocycles. The summed E-state index contributed by atoms with van der Waals surface area (Å²) in [4.78, 5) is 22.9. The molecular weight excluding hydrogens is 470 g/mol. The maximum Gasteiger partial charge on any atom is 0.282 e. The van der Waals surface area contributed by atoms with Crippen molar-refractivity contribution in [2.45, 2.75) is 9.96 Å². The molecule has 0 saturated carbocycles. The lowest BCUT2D eigenvalue weighted by molar-refractivity contribution is -0.385. The molecule has 2 rings (SSSR count). The van der Waals surface area contributed by atoms with Gasteiger partial charge < -0.3 is 16.0 Å². The van der Waals surface area contributed by atoms with Crippen LogP contribution in [0.5, 0.6) is 0 Å². The average molecular weight is 482 g/mol. The minimum Gasteiger partial charge on any atom is -0.339 e. The second kappa shape index (κ2) is 9.58. The van der Waals surface area contributed by atoms with Gasteiger partial charge in [0.25, 0.3) is 11.6 Å². The first-order valence-corrected chi connectivity index (χ1v) is 9.44. The van der Waals surface area contributed by atoms with Crippen LogP contribution in [0, 0.1) is 10.1 Å². The smallest absolute Gasteiger partial charge is 0.282 e. The zero-order valence-corrected chi connectivity index (χ0v) is 17.6. The van der Waals surface area contributed by atoms with Crippen LogP contribution in [-0.4, -0.2) is 25.9 Å². The van der Waals surface area contributed by atoms with E-state index in [4.69, 9.17) is 58.6 Å². The molecule has 28 heavy (non-hydrogen) atoms. The van der Waals surface area contributed by atoms with E-state index in [-0.39, 0.29) is 16.4 Å². The Bertz CT molecular complexity index is 907. The van der Waals surface area contributed by atoms with E-state index in [1.807, 2.05) is 0 Å². The number of nitrogens with zero attached hydrogens (tertiary/aromatic N) is 1. The maximum atomic E-state index is 12.5. The lowest BCUT2D eigenvalue weighted by atomic mass is 10.1. The molecule has 0 fully saturated rings. The molecule has 1 amide bonds. The lowest BCUT2D eigenvalue weighted by Crippen LogP contribution is -2.56. The quantitative estimate of drug-likeness (QED) is 0.189. The molecular formula is C16H12Cl4N4O3S. The fourth-order valence-electron chi connectivity index (χ4n) is 2.09. The summed E-state index contributed by atoms with van der Waals surface area (Å²) in [6.45, 7) is 0. The van der Waals surface area contributed by atoms with Gasteiger partial charge in [0, 0.05) is 6.07 Å². The Labute approximate surface area is 185 Å². The van der Waals surface area contributed by atoms with Gasteiger partial charge in [-0.25, -0.2) is 0 Å². The van der Waals surface area contributed by atoms with Crippen LogP contribution in [0.2, 0.25) is 5.02 Å². The van der Waals surface area contributed by atoms with Gasteiger partial charge >= 0.3 is 0 Å². The fourth-order valence-corrected chi connectivity index (χ4v) is 2.82. The molecule has 12 heteroatoms. The molecule has 3 N–H and O–H groups in total. The first-order valence-electron chi connectivity index (χ1n) is 7.52. The molecule has 0 bridgehead atoms. The van der Waals surface area contributed by atoms with Gasteiger partial charge in [-0.15, -0.1) is 0 Å². The molecule has 0 aliphatic carbocycles. The topological polar surface area (TPSA) is 96.3 Å². The molecule has 148 valence electrons. The van der Waals surface area contributed by atoms with Gasteiger partial charge in [-0.05, 0) is 30.4 Å². The van der Waals surface area contributed by atoms with Gasteiger partial charge in [0.05, 0.1) is 15.6 Å². The summed E-state index contributed by atoms with van der Waals surface area (Å²) in [5.74, 6) is -0.823. The Kier molecular flexibility index (Phi) is 7.68. The third kappa shape index (κ3) is 6.08. The number of amides is 1. The van der Waals surface area contributed by atoms with Crippen LogP contribution >= 0.6 is 58.6 Å². The van der Waals surface area contributed by atoms with Crippen molar-refractivity contribution in [3.8, 4) is 0 Å². The van der Waals surface area contributed by atoms with Crippen molar-refractivity contribution in [1.82, 2.24) is 10.6 Å². The van der Waals surface area contributed by atoms with Gasteiger partial charge in [-0.2, -0.15) is 0 Å². The molecule has 1 atom stereocenters. The Hall–Kier alpha value is -1.84. The van der Waals surface area contributed by atoms with Crippen molar-refractivity contribution in [2.75, 3.05) is 5.32 Å². The summed E-state index contributed by atoms with van der Waals surface area (Å²) in [5, 5.41) is 19.4. The number of benzene rings is 2. The highest BCUT2D eigenvalue weighted by Crippen LogP contribution is 2.30. The highest BCUT2D eigenvalue weighted by atomic mass is 35.6. The average Bonchev–Trinajstić information content (AvgIpc) is 2.62. The van der Waals surface area contributed by atoms with E-state index < -0.39 is 20.8 Å². The number of nitro groups is 1. The van der Waals surface area contributed by atoms with Crippen LogP contribution in [0.4, 0.5) is 11.4 Å². The molecule has 0 aliphatic rings. The van der Waals surface area contributed by atoms with Crippen LogP contribution in [0.3, 0.4) is 0 Å². The molecule has 7 nitrogen and oxygen atoms in total. The van der Waals surface area contributed by atoms with E-state index in [1.165, 1.54) is 24.3 Å². The number of halogens is 4. The molecule has 0 aliphatic heterocycles. The first kappa shape index (κ1) is 22.4. The minimum atomic E-state index is -2.02. The number of hydrogen-bond acceptors (Lipinski definition) is 4. The van der Waals surface area contributed by atoms with Gasteiger partial charge in [-0.1, -0.05) is 70.7 Å². The van der Waals surface area contributed by atoms with E-state index in [9.17, 15) is 14.9 Å². The number of alkyl halides is 3. The van der Waals surface area contributed by atoms with Gasteiger partial charge in [0.1, 0.15) is 11.7 Å². The Morgan fingerprint density at radius 3 is 2.29 bits per heavy atom. The van der Waals surface area contributed by atoms with E-state index in [0.29, 0.717) is 10.7 Å². The molecule has 0 saturated heterocycles. The van der Waals surface area contributed by atoms with Gasteiger partial charge in [0.15, 0.2) is 5.11 Å². The third-order valence-electron chi connectivity index (χ3n) is 3.35. The van der Waals surface area contributed by atoms with Crippen LogP contribution in [0.25, 0.3) is 0 Å². The van der Waals surface area contributed by atoms with Crippen molar-refractivity contribution < 1.29 is 9.72 Å². The number of carbonyl (C=O) groups excluding carboxylic acids is 1. The van der Waals surface area contributed by atoms with Crippen molar-refractivity contribution in [3.05, 3.63) is 69.2 Å². The molecule has 0 radical (unpaired) electrons. The number of hydrogen-bond donors (Lipinski definition) is 3. The summed E-state index contributed by atoms with van der Waals surface area (Å²) >= 11 is 29.0. The minimum absolute atomic E-state index is 0.00675. The molecule has 0 spiro atoms. The number of thiocarbonyl (C=S) groups is 1. The summed E-state index contributed by atoms with van der Waals surface area (Å²) < 4.78 is -2.02. The Morgan fingerprint density at radius 1 is 1.07 bits per heavy atom. The van der Waals surface area contributed by atoms with Crippen LogP contribution in [-0.2, 0) is 0 Å². The zero-order chi connectivity index (χ0) is 20.9. The second-order valence-electron chi connectivity index (χ2n) is 5.30. The van der Waals surface area contributed by atoms with Crippen molar-refractivity contribution in [1.29, 1.82) is 0 Å². The Morgan fingerprint density at radius 2 is 1.68 bits per heavy atom. The van der Waals surface area contributed by atoms with Crippen LogP contribution in [0.15, 0.2) is 48.5 Å². The number of nitro benzene ring substituents is 1. The van der Waals surface area contributed by atoms with E-state index in [2.05, 4.69) is 16.0 Å². The number of para-hydroxylation sites is 2. The number of carbonyl (C=O) groups is 1. The SMILES string of the molecule is O=C(NC(NC(=S)Nc1ccccc1Cl)C(Cl)(Cl)Cl)c1ccccc1[N+](=O)[O-]. The summed E-state index contributed by atoms with van der Waals surface area (Å²) in [5.41, 5.74) is -0.0897. The third-order valence-corrected chi connectivity index (χ3v) is 4.55. The number of anilines is 1. The van der Waals surface area contributed by atoms with E-state index >= 15 is 0 Å². The van der Waals surface area contributed by atoms with E-state index in [0.717, 1.165) is 0 Å². The van der Waals surface area contributed by atoms with Crippen LogP contribution in [0.1, 0.15) is 10.4 Å². The zero-order valence-electron chi connectivity index (χ0n) is 13.8.